The summed E-state index contributed by atoms with van der Waals surface area (Å²) in [6, 6.07) is 15.0. The van der Waals surface area contributed by atoms with Gasteiger partial charge in [0.15, 0.2) is 0 Å². The molecule has 3 heterocycles. The molecule has 0 aliphatic carbocycles. The number of aromatic nitrogens is 4. The van der Waals surface area contributed by atoms with Gasteiger partial charge in [-0.15, -0.1) is 0 Å². The molecule has 9 heteroatoms. The third-order valence-electron chi connectivity index (χ3n) is 5.37. The summed E-state index contributed by atoms with van der Waals surface area (Å²) >= 11 is 0. The van der Waals surface area contributed by atoms with Crippen molar-refractivity contribution >= 4 is 32.3 Å². The van der Waals surface area contributed by atoms with Crippen molar-refractivity contribution in [1.82, 2.24) is 24.5 Å². The predicted octanol–water partition coefficient (Wildman–Crippen LogP) is 2.98. The number of aryl methyl sites for hydroxylation is 1. The van der Waals surface area contributed by atoms with Gasteiger partial charge < -0.3 is 9.72 Å². The number of imidazole rings is 1. The van der Waals surface area contributed by atoms with Crippen LogP contribution >= 0.6 is 0 Å². The van der Waals surface area contributed by atoms with Crippen LogP contribution in [0.25, 0.3) is 16.6 Å². The van der Waals surface area contributed by atoms with Crippen LogP contribution in [0.1, 0.15) is 15.9 Å². The monoisotopic (exact) mass is 445 g/mol. The zero-order valence-corrected chi connectivity index (χ0v) is 18.0. The van der Waals surface area contributed by atoms with Crippen molar-refractivity contribution in [3.05, 3.63) is 90.5 Å². The number of benzene rings is 2. The van der Waals surface area contributed by atoms with Crippen LogP contribution in [-0.4, -0.2) is 33.5 Å². The first-order valence-corrected chi connectivity index (χ1v) is 11.4. The standard InChI is InChI=1S/C23H19N5O3S/c1-27-21-8-7-20(12-18(21)14-26-27)32(30,31)19-5-2-16(3-6-19)13-25-23(29)17-4-9-22-24-10-11-28(22)15-17/h2-12,14-15H,13H2,1H3,(H,25,29). The second kappa shape index (κ2) is 7.61. The van der Waals surface area contributed by atoms with E-state index in [1.54, 1.807) is 88.5 Å². The maximum absolute atomic E-state index is 13.0. The highest BCUT2D eigenvalue weighted by Crippen LogP contribution is 2.25. The fraction of sp³-hybridized carbons (Fsp3) is 0.0870. The third kappa shape index (κ3) is 3.52. The molecule has 5 aromatic rings. The third-order valence-corrected chi connectivity index (χ3v) is 7.13. The molecular weight excluding hydrogens is 426 g/mol. The molecule has 0 saturated carbocycles. The van der Waals surface area contributed by atoms with E-state index in [1.807, 2.05) is 7.05 Å². The molecule has 2 aromatic carbocycles. The second-order valence-corrected chi connectivity index (χ2v) is 9.38. The van der Waals surface area contributed by atoms with Gasteiger partial charge in [0.05, 0.1) is 27.1 Å². The molecule has 0 fully saturated rings. The van der Waals surface area contributed by atoms with Crippen molar-refractivity contribution in [2.45, 2.75) is 16.3 Å². The molecule has 0 bridgehead atoms. The zero-order chi connectivity index (χ0) is 22.3. The summed E-state index contributed by atoms with van der Waals surface area (Å²) in [5.74, 6) is -0.220. The molecule has 8 nitrogen and oxygen atoms in total. The van der Waals surface area contributed by atoms with Crippen LogP contribution in [0.2, 0.25) is 0 Å². The Balaban J connectivity index is 1.31. The van der Waals surface area contributed by atoms with Gasteiger partial charge in [0.1, 0.15) is 5.65 Å². The molecule has 3 aromatic heterocycles. The minimum Gasteiger partial charge on any atom is -0.348 e. The van der Waals surface area contributed by atoms with Gasteiger partial charge >= 0.3 is 0 Å². The van der Waals surface area contributed by atoms with Gasteiger partial charge in [0.25, 0.3) is 5.91 Å². The number of hydrogen-bond acceptors (Lipinski definition) is 5. The molecular formula is C23H19N5O3S. The van der Waals surface area contributed by atoms with E-state index in [0.717, 1.165) is 22.1 Å². The fourth-order valence-corrected chi connectivity index (χ4v) is 4.87. The summed E-state index contributed by atoms with van der Waals surface area (Å²) in [5.41, 5.74) is 2.94. The molecule has 32 heavy (non-hydrogen) atoms. The molecule has 5 rings (SSSR count). The van der Waals surface area contributed by atoms with E-state index in [2.05, 4.69) is 15.4 Å². The molecule has 160 valence electrons. The summed E-state index contributed by atoms with van der Waals surface area (Å²) in [7, 11) is -1.85. The number of amides is 1. The van der Waals surface area contributed by atoms with Crippen molar-refractivity contribution in [2.75, 3.05) is 0 Å². The first kappa shape index (κ1) is 20.0. The van der Waals surface area contributed by atoms with Crippen molar-refractivity contribution in [1.29, 1.82) is 0 Å². The van der Waals surface area contributed by atoms with Crippen LogP contribution in [0.4, 0.5) is 0 Å². The molecule has 1 N–H and O–H groups in total. The summed E-state index contributed by atoms with van der Waals surface area (Å²) in [5, 5.41) is 7.77. The summed E-state index contributed by atoms with van der Waals surface area (Å²) < 4.78 is 29.5. The van der Waals surface area contributed by atoms with Crippen LogP contribution < -0.4 is 5.32 Å². The second-order valence-electron chi connectivity index (χ2n) is 7.43. The van der Waals surface area contributed by atoms with Crippen molar-refractivity contribution in [2.24, 2.45) is 7.05 Å². The highest BCUT2D eigenvalue weighted by atomic mass is 32.2. The van der Waals surface area contributed by atoms with E-state index in [0.29, 0.717) is 5.56 Å². The Hall–Kier alpha value is -3.98. The zero-order valence-electron chi connectivity index (χ0n) is 17.1. The minimum absolute atomic E-state index is 0.196. The maximum atomic E-state index is 13.0. The van der Waals surface area contributed by atoms with Crippen LogP contribution in [0.3, 0.4) is 0 Å². The molecule has 0 aliphatic rings. The topological polar surface area (TPSA) is 98.4 Å². The van der Waals surface area contributed by atoms with Crippen molar-refractivity contribution in [3.8, 4) is 0 Å². The van der Waals surface area contributed by atoms with E-state index < -0.39 is 9.84 Å². The number of rotatable bonds is 5. The number of nitrogens with one attached hydrogen (secondary N) is 1. The Morgan fingerprint density at radius 3 is 2.62 bits per heavy atom. The Kier molecular flexibility index (Phi) is 4.75. The lowest BCUT2D eigenvalue weighted by Gasteiger charge is -2.08. The van der Waals surface area contributed by atoms with Gasteiger partial charge in [-0.2, -0.15) is 5.10 Å². The number of carbonyl (C=O) groups is 1. The Labute approximate surface area is 184 Å². The smallest absolute Gasteiger partial charge is 0.253 e. The quantitative estimate of drug-likeness (QED) is 0.448. The van der Waals surface area contributed by atoms with E-state index >= 15 is 0 Å². The van der Waals surface area contributed by atoms with Crippen molar-refractivity contribution in [3.63, 3.8) is 0 Å². The number of fused-ring (bicyclic) bond motifs is 2. The van der Waals surface area contributed by atoms with Crippen LogP contribution in [0.5, 0.6) is 0 Å². The molecule has 0 aliphatic heterocycles. The fourth-order valence-electron chi connectivity index (χ4n) is 3.57. The minimum atomic E-state index is -3.66. The van der Waals surface area contributed by atoms with E-state index in [-0.39, 0.29) is 22.2 Å². The number of pyridine rings is 1. The van der Waals surface area contributed by atoms with Gasteiger partial charge in [0, 0.05) is 37.6 Å². The number of carbonyl (C=O) groups excluding carboxylic acids is 1. The average Bonchev–Trinajstić information content (AvgIpc) is 3.43. The van der Waals surface area contributed by atoms with Gasteiger partial charge in [-0.25, -0.2) is 13.4 Å². The lowest BCUT2D eigenvalue weighted by atomic mass is 10.2. The number of sulfone groups is 1. The van der Waals surface area contributed by atoms with Gasteiger partial charge in [-0.1, -0.05) is 12.1 Å². The SMILES string of the molecule is Cn1ncc2cc(S(=O)(=O)c3ccc(CNC(=O)c4ccc5nccn5c4)cc3)ccc21. The molecule has 0 saturated heterocycles. The molecule has 0 spiro atoms. The average molecular weight is 446 g/mol. The normalized spacial score (nSPS) is 11.8. The van der Waals surface area contributed by atoms with Crippen LogP contribution in [0, 0.1) is 0 Å². The highest BCUT2D eigenvalue weighted by molar-refractivity contribution is 7.91. The van der Waals surface area contributed by atoms with Crippen LogP contribution in [0.15, 0.2) is 89.2 Å². The number of nitrogens with zero attached hydrogens (tertiary/aromatic N) is 4. The van der Waals surface area contributed by atoms with E-state index in [1.165, 1.54) is 0 Å². The molecule has 1 amide bonds. The molecule has 0 atom stereocenters. The van der Waals surface area contributed by atoms with Gasteiger partial charge in [-0.05, 0) is 48.0 Å². The predicted molar refractivity (Wildman–Crippen MR) is 119 cm³/mol. The Morgan fingerprint density at radius 1 is 1.03 bits per heavy atom. The lowest BCUT2D eigenvalue weighted by Crippen LogP contribution is -2.23. The van der Waals surface area contributed by atoms with Crippen molar-refractivity contribution < 1.29 is 13.2 Å². The molecule has 0 unspecified atom stereocenters. The van der Waals surface area contributed by atoms with Gasteiger partial charge in [-0.3, -0.25) is 9.48 Å². The molecule has 0 radical (unpaired) electrons. The first-order valence-electron chi connectivity index (χ1n) is 9.88. The highest BCUT2D eigenvalue weighted by Gasteiger charge is 2.18. The van der Waals surface area contributed by atoms with Gasteiger partial charge in [0.2, 0.25) is 9.84 Å². The summed E-state index contributed by atoms with van der Waals surface area (Å²) in [4.78, 5) is 17.0. The number of hydrogen-bond donors (Lipinski definition) is 1. The first-order chi connectivity index (χ1) is 15.4. The largest absolute Gasteiger partial charge is 0.348 e. The van der Waals surface area contributed by atoms with E-state index in [4.69, 9.17) is 0 Å². The van der Waals surface area contributed by atoms with Crippen LogP contribution in [-0.2, 0) is 23.4 Å². The lowest BCUT2D eigenvalue weighted by molar-refractivity contribution is 0.0950. The van der Waals surface area contributed by atoms with E-state index in [9.17, 15) is 13.2 Å². The Morgan fingerprint density at radius 2 is 1.81 bits per heavy atom. The maximum Gasteiger partial charge on any atom is 0.253 e. The Bertz CT molecular complexity index is 1570. The summed E-state index contributed by atoms with van der Waals surface area (Å²) in [6.07, 6.45) is 6.80. The summed E-state index contributed by atoms with van der Waals surface area (Å²) in [6.45, 7) is 0.281.